The second-order valence-electron chi connectivity index (χ2n) is 6.95. The molecular formula is C20H20ClNO2. The summed E-state index contributed by atoms with van der Waals surface area (Å²) in [5.41, 5.74) is 3.26. The summed E-state index contributed by atoms with van der Waals surface area (Å²) in [6.07, 6.45) is 0. The van der Waals surface area contributed by atoms with Gasteiger partial charge in [0.2, 0.25) is 0 Å². The van der Waals surface area contributed by atoms with Crippen LogP contribution in [0, 0.1) is 6.92 Å². The van der Waals surface area contributed by atoms with Crippen molar-refractivity contribution in [2.45, 2.75) is 33.1 Å². The fourth-order valence-electron chi connectivity index (χ4n) is 2.83. The van der Waals surface area contributed by atoms with Crippen LogP contribution in [0.4, 0.5) is 5.69 Å². The molecule has 1 aromatic heterocycles. The van der Waals surface area contributed by atoms with Crippen molar-refractivity contribution in [1.29, 1.82) is 0 Å². The normalized spacial score (nSPS) is 11.7. The minimum absolute atomic E-state index is 0.0691. The third-order valence-corrected chi connectivity index (χ3v) is 4.32. The molecule has 0 bridgehead atoms. The molecule has 2 aromatic carbocycles. The first-order valence-corrected chi connectivity index (χ1v) is 8.24. The zero-order valence-electron chi connectivity index (χ0n) is 14.2. The molecule has 0 aliphatic rings. The molecule has 0 saturated heterocycles. The summed E-state index contributed by atoms with van der Waals surface area (Å²) in [7, 11) is 0. The average molecular weight is 342 g/mol. The van der Waals surface area contributed by atoms with Gasteiger partial charge in [0.05, 0.1) is 0 Å². The zero-order valence-corrected chi connectivity index (χ0v) is 15.0. The van der Waals surface area contributed by atoms with Gasteiger partial charge < -0.3 is 9.73 Å². The lowest BCUT2D eigenvalue weighted by atomic mass is 9.86. The van der Waals surface area contributed by atoms with Gasteiger partial charge in [0, 0.05) is 21.7 Å². The fourth-order valence-corrected chi connectivity index (χ4v) is 3.01. The first-order valence-electron chi connectivity index (χ1n) is 7.87. The van der Waals surface area contributed by atoms with Crippen molar-refractivity contribution in [3.05, 3.63) is 64.4 Å². The van der Waals surface area contributed by atoms with Gasteiger partial charge in [-0.05, 0) is 42.2 Å². The Hall–Kier alpha value is -2.26. The molecule has 1 N–H and O–H groups in total. The number of anilines is 1. The van der Waals surface area contributed by atoms with Crippen molar-refractivity contribution >= 4 is 34.2 Å². The number of rotatable bonds is 2. The Balaban J connectivity index is 1.99. The highest BCUT2D eigenvalue weighted by Gasteiger charge is 2.22. The molecule has 0 fully saturated rings. The number of para-hydroxylation sites is 1. The van der Waals surface area contributed by atoms with E-state index in [0.717, 1.165) is 22.2 Å². The summed E-state index contributed by atoms with van der Waals surface area (Å²) in [5, 5.41) is 4.46. The summed E-state index contributed by atoms with van der Waals surface area (Å²) in [4.78, 5) is 12.7. The molecule has 3 aromatic rings. The lowest BCUT2D eigenvalue weighted by molar-refractivity contribution is 0.0997. The van der Waals surface area contributed by atoms with E-state index in [-0.39, 0.29) is 11.3 Å². The van der Waals surface area contributed by atoms with E-state index >= 15 is 0 Å². The van der Waals surface area contributed by atoms with Crippen molar-refractivity contribution < 1.29 is 9.21 Å². The fraction of sp³-hybridized carbons (Fsp3) is 0.250. The van der Waals surface area contributed by atoms with Crippen LogP contribution in [0.1, 0.15) is 42.5 Å². The van der Waals surface area contributed by atoms with Crippen LogP contribution in [-0.2, 0) is 5.41 Å². The molecule has 0 radical (unpaired) electrons. The number of carbonyl (C=O) groups is 1. The predicted octanol–water partition coefficient (Wildman–Crippen LogP) is 5.94. The minimum atomic E-state index is -0.253. The van der Waals surface area contributed by atoms with Crippen LogP contribution in [-0.4, -0.2) is 5.91 Å². The standard InChI is InChI=1S/C20H20ClNO2/c1-12-14-11-13(21)9-10-17(14)24-18(12)19(23)22-16-8-6-5-7-15(16)20(2,3)4/h5-11H,1-4H3,(H,22,23). The van der Waals surface area contributed by atoms with E-state index < -0.39 is 0 Å². The number of amides is 1. The van der Waals surface area contributed by atoms with E-state index in [1.807, 2.05) is 37.3 Å². The van der Waals surface area contributed by atoms with Crippen LogP contribution in [0.25, 0.3) is 11.0 Å². The van der Waals surface area contributed by atoms with Gasteiger partial charge in [0.15, 0.2) is 5.76 Å². The summed E-state index contributed by atoms with van der Waals surface area (Å²) >= 11 is 6.04. The molecule has 3 nitrogen and oxygen atoms in total. The van der Waals surface area contributed by atoms with Gasteiger partial charge in [0.1, 0.15) is 5.58 Å². The Labute approximate surface area is 146 Å². The lowest BCUT2D eigenvalue weighted by Crippen LogP contribution is -2.18. The minimum Gasteiger partial charge on any atom is -0.451 e. The third-order valence-electron chi connectivity index (χ3n) is 4.09. The van der Waals surface area contributed by atoms with Crippen molar-refractivity contribution in [2.24, 2.45) is 0 Å². The molecule has 4 heteroatoms. The number of halogens is 1. The Bertz CT molecular complexity index is 919. The number of hydrogen-bond donors (Lipinski definition) is 1. The number of furan rings is 1. The van der Waals surface area contributed by atoms with Crippen molar-refractivity contribution in [3.8, 4) is 0 Å². The number of aryl methyl sites for hydroxylation is 1. The Morgan fingerprint density at radius 2 is 1.83 bits per heavy atom. The molecule has 0 spiro atoms. The summed E-state index contributed by atoms with van der Waals surface area (Å²) < 4.78 is 5.74. The molecule has 0 aliphatic heterocycles. The SMILES string of the molecule is Cc1c(C(=O)Nc2ccccc2C(C)(C)C)oc2ccc(Cl)cc12. The molecule has 0 atom stereocenters. The van der Waals surface area contributed by atoms with Crippen LogP contribution in [0.15, 0.2) is 46.9 Å². The van der Waals surface area contributed by atoms with Crippen molar-refractivity contribution in [2.75, 3.05) is 5.32 Å². The monoisotopic (exact) mass is 341 g/mol. The molecule has 0 aliphatic carbocycles. The molecular weight excluding hydrogens is 322 g/mol. The average Bonchev–Trinajstić information content (AvgIpc) is 2.84. The smallest absolute Gasteiger partial charge is 0.291 e. The number of carbonyl (C=O) groups excluding carboxylic acids is 1. The quantitative estimate of drug-likeness (QED) is 0.626. The van der Waals surface area contributed by atoms with Crippen LogP contribution >= 0.6 is 11.6 Å². The van der Waals surface area contributed by atoms with E-state index in [9.17, 15) is 4.79 Å². The van der Waals surface area contributed by atoms with Gasteiger partial charge in [-0.2, -0.15) is 0 Å². The van der Waals surface area contributed by atoms with Gasteiger partial charge in [-0.25, -0.2) is 0 Å². The maximum atomic E-state index is 12.7. The maximum Gasteiger partial charge on any atom is 0.291 e. The Morgan fingerprint density at radius 3 is 2.54 bits per heavy atom. The van der Waals surface area contributed by atoms with E-state index in [4.69, 9.17) is 16.0 Å². The largest absolute Gasteiger partial charge is 0.451 e. The van der Waals surface area contributed by atoms with Crippen molar-refractivity contribution in [3.63, 3.8) is 0 Å². The van der Waals surface area contributed by atoms with Gasteiger partial charge in [-0.15, -0.1) is 0 Å². The van der Waals surface area contributed by atoms with E-state index in [0.29, 0.717) is 16.4 Å². The molecule has 0 unspecified atom stereocenters. The summed E-state index contributed by atoms with van der Waals surface area (Å²) in [5.74, 6) is 0.0625. The van der Waals surface area contributed by atoms with E-state index in [2.05, 4.69) is 26.1 Å². The van der Waals surface area contributed by atoms with Gasteiger partial charge in [-0.1, -0.05) is 50.6 Å². The topological polar surface area (TPSA) is 42.2 Å². The zero-order chi connectivity index (χ0) is 17.5. The molecule has 124 valence electrons. The number of hydrogen-bond acceptors (Lipinski definition) is 2. The molecule has 24 heavy (non-hydrogen) atoms. The maximum absolute atomic E-state index is 12.7. The lowest BCUT2D eigenvalue weighted by Gasteiger charge is -2.22. The number of nitrogens with one attached hydrogen (secondary N) is 1. The van der Waals surface area contributed by atoms with E-state index in [1.54, 1.807) is 12.1 Å². The predicted molar refractivity (Wildman–Crippen MR) is 99.1 cm³/mol. The number of fused-ring (bicyclic) bond motifs is 1. The molecule has 1 amide bonds. The van der Waals surface area contributed by atoms with Gasteiger partial charge in [-0.3, -0.25) is 4.79 Å². The number of benzene rings is 2. The van der Waals surface area contributed by atoms with Crippen LogP contribution in [0.2, 0.25) is 5.02 Å². The van der Waals surface area contributed by atoms with Crippen LogP contribution in [0.3, 0.4) is 0 Å². The molecule has 1 heterocycles. The second kappa shape index (κ2) is 5.99. The molecule has 3 rings (SSSR count). The molecule has 0 saturated carbocycles. The Kier molecular flexibility index (Phi) is 4.14. The Morgan fingerprint density at radius 1 is 1.12 bits per heavy atom. The third kappa shape index (κ3) is 3.04. The van der Waals surface area contributed by atoms with Gasteiger partial charge >= 0.3 is 0 Å². The highest BCUT2D eigenvalue weighted by Crippen LogP contribution is 2.31. The summed E-state index contributed by atoms with van der Waals surface area (Å²) in [6, 6.07) is 13.2. The summed E-state index contributed by atoms with van der Waals surface area (Å²) in [6.45, 7) is 8.22. The second-order valence-corrected chi connectivity index (χ2v) is 7.38. The van der Waals surface area contributed by atoms with Gasteiger partial charge in [0.25, 0.3) is 5.91 Å². The highest BCUT2D eigenvalue weighted by atomic mass is 35.5. The van der Waals surface area contributed by atoms with E-state index in [1.165, 1.54) is 0 Å². The van der Waals surface area contributed by atoms with Crippen LogP contribution in [0.5, 0.6) is 0 Å². The first kappa shape index (κ1) is 16.6. The highest BCUT2D eigenvalue weighted by molar-refractivity contribution is 6.31. The van der Waals surface area contributed by atoms with Crippen LogP contribution < -0.4 is 5.32 Å². The van der Waals surface area contributed by atoms with Crippen molar-refractivity contribution in [1.82, 2.24) is 0 Å². The first-order chi connectivity index (χ1) is 11.3.